The van der Waals surface area contributed by atoms with Gasteiger partial charge in [-0.1, -0.05) is 90.4 Å². The SMILES string of the molecule is CCCCCCCCCCCCCCCCOC(=O)NCCC[Si](OCC)(OCC)OCC. The second-order valence-electron chi connectivity index (χ2n) is 8.74. The van der Waals surface area contributed by atoms with E-state index in [0.29, 0.717) is 39.0 Å². The van der Waals surface area contributed by atoms with Gasteiger partial charge in [0.15, 0.2) is 0 Å². The first-order valence-corrected chi connectivity index (χ1v) is 15.9. The minimum absolute atomic E-state index is 0.332. The Bertz CT molecular complexity index is 408. The smallest absolute Gasteiger partial charge is 0.450 e. The van der Waals surface area contributed by atoms with E-state index in [2.05, 4.69) is 12.2 Å². The van der Waals surface area contributed by atoms with Crippen molar-refractivity contribution in [3.05, 3.63) is 0 Å². The summed E-state index contributed by atoms with van der Waals surface area (Å²) in [5.74, 6) is 0. The van der Waals surface area contributed by atoms with Gasteiger partial charge in [-0.25, -0.2) is 4.79 Å². The van der Waals surface area contributed by atoms with Crippen molar-refractivity contribution >= 4 is 14.9 Å². The number of carbonyl (C=O) groups is 1. The molecule has 0 bridgehead atoms. The van der Waals surface area contributed by atoms with Gasteiger partial charge in [-0.05, 0) is 33.6 Å². The molecule has 0 spiro atoms. The number of alkyl carbamates (subject to hydrolysis) is 1. The Morgan fingerprint density at radius 3 is 1.45 bits per heavy atom. The van der Waals surface area contributed by atoms with E-state index in [1.54, 1.807) is 0 Å². The Balaban J connectivity index is 3.53. The Morgan fingerprint density at radius 2 is 1.03 bits per heavy atom. The number of unbranched alkanes of at least 4 members (excludes halogenated alkanes) is 13. The Morgan fingerprint density at radius 1 is 0.606 bits per heavy atom. The maximum Gasteiger partial charge on any atom is 0.500 e. The van der Waals surface area contributed by atoms with Crippen LogP contribution in [-0.2, 0) is 18.0 Å². The molecule has 0 aromatic heterocycles. The highest BCUT2D eigenvalue weighted by atomic mass is 28.4. The molecule has 0 aliphatic heterocycles. The molecule has 0 fully saturated rings. The summed E-state index contributed by atoms with van der Waals surface area (Å²) in [6.45, 7) is 10.9. The summed E-state index contributed by atoms with van der Waals surface area (Å²) in [5.41, 5.74) is 0. The van der Waals surface area contributed by atoms with Crippen LogP contribution in [-0.4, -0.2) is 47.9 Å². The molecule has 0 radical (unpaired) electrons. The first-order valence-electron chi connectivity index (χ1n) is 14.0. The van der Waals surface area contributed by atoms with E-state index in [-0.39, 0.29) is 6.09 Å². The second-order valence-corrected chi connectivity index (χ2v) is 11.5. The summed E-state index contributed by atoms with van der Waals surface area (Å²) in [7, 11) is -2.62. The number of carbonyl (C=O) groups excluding carboxylic acids is 1. The molecular weight excluding hydrogens is 434 g/mol. The Hall–Kier alpha value is -0.633. The third-order valence-electron chi connectivity index (χ3n) is 5.75. The largest absolute Gasteiger partial charge is 0.500 e. The van der Waals surface area contributed by atoms with E-state index in [1.165, 1.54) is 77.0 Å². The zero-order valence-corrected chi connectivity index (χ0v) is 23.4. The van der Waals surface area contributed by atoms with Gasteiger partial charge >= 0.3 is 14.9 Å². The molecule has 0 aliphatic rings. The van der Waals surface area contributed by atoms with Crippen LogP contribution in [0.15, 0.2) is 0 Å². The van der Waals surface area contributed by atoms with Gasteiger partial charge in [0.25, 0.3) is 0 Å². The lowest BCUT2D eigenvalue weighted by Crippen LogP contribution is -2.46. The molecule has 1 N–H and O–H groups in total. The van der Waals surface area contributed by atoms with Gasteiger partial charge in [-0.15, -0.1) is 0 Å². The fourth-order valence-corrected chi connectivity index (χ4v) is 6.62. The molecule has 33 heavy (non-hydrogen) atoms. The minimum atomic E-state index is -2.62. The summed E-state index contributed by atoms with van der Waals surface area (Å²) >= 11 is 0. The molecule has 198 valence electrons. The number of rotatable bonds is 25. The van der Waals surface area contributed by atoms with Crippen LogP contribution in [0.1, 0.15) is 124 Å². The number of hydrogen-bond donors (Lipinski definition) is 1. The quantitative estimate of drug-likeness (QED) is 0.105. The lowest BCUT2D eigenvalue weighted by Gasteiger charge is -2.28. The maximum atomic E-state index is 11.9. The van der Waals surface area contributed by atoms with Crippen LogP contribution in [0.2, 0.25) is 6.04 Å². The van der Waals surface area contributed by atoms with Crippen molar-refractivity contribution in [2.75, 3.05) is 33.0 Å². The number of nitrogens with one attached hydrogen (secondary N) is 1. The molecule has 0 atom stereocenters. The van der Waals surface area contributed by atoms with Gasteiger partial charge in [0.2, 0.25) is 0 Å². The van der Waals surface area contributed by atoms with Crippen molar-refractivity contribution in [2.45, 2.75) is 130 Å². The van der Waals surface area contributed by atoms with E-state index >= 15 is 0 Å². The van der Waals surface area contributed by atoms with E-state index in [0.717, 1.165) is 19.3 Å². The maximum absolute atomic E-state index is 11.9. The Kier molecular flexibility index (Phi) is 24.0. The van der Waals surface area contributed by atoms with Gasteiger partial charge in [0, 0.05) is 32.4 Å². The van der Waals surface area contributed by atoms with Crippen molar-refractivity contribution in [1.29, 1.82) is 0 Å². The predicted octanol–water partition coefficient (Wildman–Crippen LogP) is 7.63. The monoisotopic (exact) mass is 489 g/mol. The molecule has 0 saturated heterocycles. The molecule has 0 unspecified atom stereocenters. The first kappa shape index (κ1) is 32.4. The van der Waals surface area contributed by atoms with Gasteiger partial charge in [-0.3, -0.25) is 0 Å². The highest BCUT2D eigenvalue weighted by Gasteiger charge is 2.39. The molecule has 0 aromatic rings. The van der Waals surface area contributed by atoms with Gasteiger partial charge in [-0.2, -0.15) is 0 Å². The zero-order chi connectivity index (χ0) is 24.5. The molecular formula is C26H55NO5Si. The summed E-state index contributed by atoms with van der Waals surface area (Å²) in [6.07, 6.45) is 18.9. The van der Waals surface area contributed by atoms with Crippen LogP contribution in [0.5, 0.6) is 0 Å². The van der Waals surface area contributed by atoms with Gasteiger partial charge in [0.1, 0.15) is 0 Å². The van der Waals surface area contributed by atoms with Crippen LogP contribution < -0.4 is 5.32 Å². The third-order valence-corrected chi connectivity index (χ3v) is 8.90. The molecule has 1 amide bonds. The standard InChI is InChI=1S/C26H55NO5Si/c1-5-9-10-11-12-13-14-15-16-17-18-19-20-21-24-29-26(28)27-23-22-25-33(30-6-2,31-7-3)32-8-4/h5-25H2,1-4H3,(H,27,28). The highest BCUT2D eigenvalue weighted by Crippen LogP contribution is 2.18. The van der Waals surface area contributed by atoms with E-state index in [9.17, 15) is 4.79 Å². The summed E-state index contributed by atoms with van der Waals surface area (Å²) < 4.78 is 22.8. The first-order chi connectivity index (χ1) is 16.1. The molecule has 0 saturated carbocycles. The van der Waals surface area contributed by atoms with Crippen molar-refractivity contribution < 1.29 is 22.8 Å². The van der Waals surface area contributed by atoms with Crippen LogP contribution in [0, 0.1) is 0 Å². The molecule has 6 nitrogen and oxygen atoms in total. The van der Waals surface area contributed by atoms with Gasteiger partial charge in [0.05, 0.1) is 6.61 Å². The van der Waals surface area contributed by atoms with Crippen molar-refractivity contribution in [2.24, 2.45) is 0 Å². The fraction of sp³-hybridized carbons (Fsp3) is 0.962. The summed E-state index contributed by atoms with van der Waals surface area (Å²) in [5, 5.41) is 2.83. The third kappa shape index (κ3) is 20.5. The number of amides is 1. The average molecular weight is 490 g/mol. The molecule has 0 aliphatic carbocycles. The zero-order valence-electron chi connectivity index (χ0n) is 22.4. The van der Waals surface area contributed by atoms with Gasteiger partial charge < -0.3 is 23.3 Å². The normalized spacial score (nSPS) is 11.6. The van der Waals surface area contributed by atoms with Crippen LogP contribution in [0.3, 0.4) is 0 Å². The van der Waals surface area contributed by atoms with Crippen LogP contribution in [0.4, 0.5) is 4.79 Å². The minimum Gasteiger partial charge on any atom is -0.450 e. The fourth-order valence-electron chi connectivity index (χ4n) is 4.01. The van der Waals surface area contributed by atoms with Crippen molar-refractivity contribution in [3.8, 4) is 0 Å². The highest BCUT2D eigenvalue weighted by molar-refractivity contribution is 6.60. The van der Waals surface area contributed by atoms with Crippen molar-refractivity contribution in [3.63, 3.8) is 0 Å². The van der Waals surface area contributed by atoms with Crippen LogP contribution in [0.25, 0.3) is 0 Å². The molecule has 0 aromatic carbocycles. The second kappa shape index (κ2) is 24.5. The topological polar surface area (TPSA) is 66.0 Å². The predicted molar refractivity (Wildman–Crippen MR) is 140 cm³/mol. The molecule has 0 heterocycles. The summed E-state index contributed by atoms with van der Waals surface area (Å²) in [6, 6.07) is 0.696. The molecule has 7 heteroatoms. The average Bonchev–Trinajstić information content (AvgIpc) is 2.80. The lowest BCUT2D eigenvalue weighted by molar-refractivity contribution is 0.0706. The summed E-state index contributed by atoms with van der Waals surface area (Å²) in [4.78, 5) is 11.9. The Labute approximate surface area is 206 Å². The lowest BCUT2D eigenvalue weighted by atomic mass is 10.0. The number of ether oxygens (including phenoxy) is 1. The van der Waals surface area contributed by atoms with Crippen LogP contribution >= 0.6 is 0 Å². The number of hydrogen-bond acceptors (Lipinski definition) is 5. The van der Waals surface area contributed by atoms with Crippen molar-refractivity contribution in [1.82, 2.24) is 5.32 Å². The van der Waals surface area contributed by atoms with E-state index < -0.39 is 8.80 Å². The van der Waals surface area contributed by atoms with E-state index in [1.807, 2.05) is 20.8 Å². The molecule has 0 rings (SSSR count). The van der Waals surface area contributed by atoms with E-state index in [4.69, 9.17) is 18.0 Å².